The standard InChI is InChI=1S/C23H21N3O/c27-23(14-17-25-16-13-20-10-4-5-11-21(20)25)24-22-12-6-7-15-26(22)18-19-8-2-1-3-9-19/h1-13,15-16H,14,17-18H2. The summed E-state index contributed by atoms with van der Waals surface area (Å²) in [4.78, 5) is 16.8. The average Bonchev–Trinajstić information content (AvgIpc) is 3.12. The van der Waals surface area contributed by atoms with Crippen molar-refractivity contribution in [2.45, 2.75) is 19.5 Å². The second kappa shape index (κ2) is 7.87. The van der Waals surface area contributed by atoms with Gasteiger partial charge >= 0.3 is 0 Å². The number of pyridine rings is 1. The molecule has 0 bridgehead atoms. The van der Waals surface area contributed by atoms with E-state index in [1.807, 2.05) is 65.5 Å². The number of para-hydroxylation sites is 1. The Morgan fingerprint density at radius 3 is 2.44 bits per heavy atom. The molecule has 0 N–H and O–H groups in total. The molecular formula is C23H21N3O. The number of aryl methyl sites for hydroxylation is 1. The van der Waals surface area contributed by atoms with E-state index >= 15 is 0 Å². The lowest BCUT2D eigenvalue weighted by molar-refractivity contribution is -0.118. The molecule has 0 radical (unpaired) electrons. The van der Waals surface area contributed by atoms with Crippen molar-refractivity contribution in [2.75, 3.05) is 0 Å². The third-order valence-corrected chi connectivity index (χ3v) is 4.60. The highest BCUT2D eigenvalue weighted by Gasteiger charge is 2.04. The van der Waals surface area contributed by atoms with E-state index < -0.39 is 0 Å². The normalized spacial score (nSPS) is 11.8. The molecule has 0 unspecified atom stereocenters. The van der Waals surface area contributed by atoms with Gasteiger partial charge in [0, 0.05) is 37.4 Å². The first-order valence-corrected chi connectivity index (χ1v) is 9.10. The molecule has 0 saturated heterocycles. The molecule has 27 heavy (non-hydrogen) atoms. The summed E-state index contributed by atoms with van der Waals surface area (Å²) < 4.78 is 4.10. The Hall–Kier alpha value is -3.40. The number of carbonyl (C=O) groups excluding carboxylic acids is 1. The molecule has 0 aliphatic rings. The van der Waals surface area contributed by atoms with Crippen molar-refractivity contribution in [1.29, 1.82) is 0 Å². The van der Waals surface area contributed by atoms with Gasteiger partial charge in [0.2, 0.25) is 5.91 Å². The van der Waals surface area contributed by atoms with E-state index in [-0.39, 0.29) is 5.91 Å². The Balaban J connectivity index is 1.51. The number of benzene rings is 2. The fourth-order valence-corrected chi connectivity index (χ4v) is 3.22. The van der Waals surface area contributed by atoms with Gasteiger partial charge in [-0.1, -0.05) is 54.6 Å². The van der Waals surface area contributed by atoms with Crippen molar-refractivity contribution in [2.24, 2.45) is 4.99 Å². The molecule has 2 aromatic heterocycles. The van der Waals surface area contributed by atoms with E-state index in [0.717, 1.165) is 5.52 Å². The number of rotatable bonds is 5. The van der Waals surface area contributed by atoms with E-state index in [2.05, 4.69) is 39.9 Å². The second-order valence-corrected chi connectivity index (χ2v) is 6.50. The van der Waals surface area contributed by atoms with Crippen LogP contribution in [0.3, 0.4) is 0 Å². The number of nitrogens with zero attached hydrogens (tertiary/aromatic N) is 3. The molecule has 0 aliphatic carbocycles. The molecule has 2 heterocycles. The highest BCUT2D eigenvalue weighted by atomic mass is 16.1. The number of aromatic nitrogens is 2. The van der Waals surface area contributed by atoms with Crippen LogP contribution in [0.4, 0.5) is 0 Å². The first-order chi connectivity index (χ1) is 13.3. The second-order valence-electron chi connectivity index (χ2n) is 6.50. The lowest BCUT2D eigenvalue weighted by atomic mass is 10.2. The summed E-state index contributed by atoms with van der Waals surface area (Å²) in [7, 11) is 0. The quantitative estimate of drug-likeness (QED) is 0.533. The summed E-state index contributed by atoms with van der Waals surface area (Å²) >= 11 is 0. The lowest BCUT2D eigenvalue weighted by Gasteiger charge is -2.07. The third-order valence-electron chi connectivity index (χ3n) is 4.60. The maximum Gasteiger partial charge on any atom is 0.249 e. The Morgan fingerprint density at radius 2 is 1.56 bits per heavy atom. The van der Waals surface area contributed by atoms with Crippen molar-refractivity contribution < 1.29 is 4.79 Å². The molecule has 1 amide bonds. The smallest absolute Gasteiger partial charge is 0.249 e. The first-order valence-electron chi connectivity index (χ1n) is 9.10. The zero-order valence-electron chi connectivity index (χ0n) is 15.0. The van der Waals surface area contributed by atoms with Crippen molar-refractivity contribution in [3.05, 3.63) is 102 Å². The molecule has 0 spiro atoms. The van der Waals surface area contributed by atoms with Gasteiger partial charge in [0.15, 0.2) is 0 Å². The van der Waals surface area contributed by atoms with Crippen LogP contribution in [0.25, 0.3) is 10.9 Å². The Morgan fingerprint density at radius 1 is 0.778 bits per heavy atom. The van der Waals surface area contributed by atoms with E-state index in [1.165, 1.54) is 10.9 Å². The molecule has 4 aromatic rings. The highest BCUT2D eigenvalue weighted by Crippen LogP contribution is 2.15. The summed E-state index contributed by atoms with van der Waals surface area (Å²) in [6, 6.07) is 26.2. The SMILES string of the molecule is O=C(CCn1ccc2ccccc21)N=c1ccccn1Cc1ccccc1. The van der Waals surface area contributed by atoms with Crippen LogP contribution in [-0.4, -0.2) is 15.0 Å². The molecule has 0 saturated carbocycles. The van der Waals surface area contributed by atoms with Crippen LogP contribution in [0, 0.1) is 0 Å². The van der Waals surface area contributed by atoms with Gasteiger partial charge in [0.25, 0.3) is 0 Å². The monoisotopic (exact) mass is 355 g/mol. The number of hydrogen-bond donors (Lipinski definition) is 0. The van der Waals surface area contributed by atoms with Gasteiger partial charge < -0.3 is 9.13 Å². The van der Waals surface area contributed by atoms with Crippen LogP contribution in [-0.2, 0) is 17.9 Å². The topological polar surface area (TPSA) is 39.3 Å². The fourth-order valence-electron chi connectivity index (χ4n) is 3.22. The fraction of sp³-hybridized carbons (Fsp3) is 0.130. The molecule has 4 nitrogen and oxygen atoms in total. The number of hydrogen-bond acceptors (Lipinski definition) is 1. The summed E-state index contributed by atoms with van der Waals surface area (Å²) in [6.45, 7) is 1.32. The minimum absolute atomic E-state index is 0.110. The van der Waals surface area contributed by atoms with E-state index in [4.69, 9.17) is 0 Å². The van der Waals surface area contributed by atoms with Crippen LogP contribution < -0.4 is 5.49 Å². The lowest BCUT2D eigenvalue weighted by Crippen LogP contribution is -2.22. The minimum atomic E-state index is -0.110. The summed E-state index contributed by atoms with van der Waals surface area (Å²) in [6.07, 6.45) is 4.35. The van der Waals surface area contributed by atoms with Gasteiger partial charge in [-0.3, -0.25) is 4.79 Å². The zero-order chi connectivity index (χ0) is 18.5. The van der Waals surface area contributed by atoms with Crippen molar-refractivity contribution in [3.8, 4) is 0 Å². The average molecular weight is 355 g/mol. The van der Waals surface area contributed by atoms with Crippen molar-refractivity contribution >= 4 is 16.8 Å². The third kappa shape index (κ3) is 4.06. The zero-order valence-corrected chi connectivity index (χ0v) is 15.0. The predicted molar refractivity (Wildman–Crippen MR) is 107 cm³/mol. The van der Waals surface area contributed by atoms with Crippen molar-refractivity contribution in [1.82, 2.24) is 9.13 Å². The summed E-state index contributed by atoms with van der Waals surface area (Å²) in [5, 5.41) is 1.19. The summed E-state index contributed by atoms with van der Waals surface area (Å²) in [5.41, 5.74) is 3.00. The molecule has 0 atom stereocenters. The number of amides is 1. The van der Waals surface area contributed by atoms with Crippen LogP contribution in [0.2, 0.25) is 0 Å². The highest BCUT2D eigenvalue weighted by molar-refractivity contribution is 5.80. The number of fused-ring (bicyclic) bond motifs is 1. The van der Waals surface area contributed by atoms with Gasteiger partial charge in [-0.25, -0.2) is 0 Å². The van der Waals surface area contributed by atoms with Crippen LogP contribution in [0.5, 0.6) is 0 Å². The Bertz CT molecular complexity index is 1120. The van der Waals surface area contributed by atoms with Gasteiger partial charge in [-0.05, 0) is 35.2 Å². The molecule has 0 aliphatic heterocycles. The largest absolute Gasteiger partial charge is 0.347 e. The molecule has 134 valence electrons. The number of carbonyl (C=O) groups is 1. The predicted octanol–water partition coefficient (Wildman–Crippen LogP) is 4.01. The van der Waals surface area contributed by atoms with E-state index in [1.54, 1.807) is 0 Å². The Labute approximate surface area is 158 Å². The molecule has 4 rings (SSSR count). The van der Waals surface area contributed by atoms with Gasteiger partial charge in [-0.2, -0.15) is 4.99 Å². The van der Waals surface area contributed by atoms with Crippen LogP contribution in [0.15, 0.2) is 96.2 Å². The summed E-state index contributed by atoms with van der Waals surface area (Å²) in [5.74, 6) is -0.110. The molecular weight excluding hydrogens is 334 g/mol. The van der Waals surface area contributed by atoms with Gasteiger partial charge in [0.05, 0.1) is 0 Å². The Kier molecular flexibility index (Phi) is 4.97. The van der Waals surface area contributed by atoms with Crippen LogP contribution in [0.1, 0.15) is 12.0 Å². The molecule has 0 fully saturated rings. The van der Waals surface area contributed by atoms with Crippen molar-refractivity contribution in [3.63, 3.8) is 0 Å². The maximum absolute atomic E-state index is 12.5. The maximum atomic E-state index is 12.5. The molecule has 2 aromatic carbocycles. The van der Waals surface area contributed by atoms with Gasteiger partial charge in [0.1, 0.15) is 5.49 Å². The molecule has 4 heteroatoms. The van der Waals surface area contributed by atoms with E-state index in [9.17, 15) is 4.79 Å². The van der Waals surface area contributed by atoms with Gasteiger partial charge in [-0.15, -0.1) is 0 Å². The van der Waals surface area contributed by atoms with Crippen LogP contribution >= 0.6 is 0 Å². The minimum Gasteiger partial charge on any atom is -0.347 e. The first kappa shape index (κ1) is 17.0. The van der Waals surface area contributed by atoms with E-state index in [0.29, 0.717) is 25.0 Å².